The Kier molecular flexibility index (Phi) is 5.06. The van der Waals surface area contributed by atoms with E-state index < -0.39 is 0 Å². The van der Waals surface area contributed by atoms with Crippen molar-refractivity contribution in [1.82, 2.24) is 5.43 Å². The molecule has 0 fully saturated rings. The van der Waals surface area contributed by atoms with Crippen molar-refractivity contribution in [3.63, 3.8) is 0 Å². The van der Waals surface area contributed by atoms with Crippen LogP contribution in [-0.4, -0.2) is 17.5 Å². The Morgan fingerprint density at radius 2 is 1.84 bits per heavy atom. The van der Waals surface area contributed by atoms with Crippen LogP contribution in [0.5, 0.6) is 0 Å². The van der Waals surface area contributed by atoms with Crippen LogP contribution < -0.4 is 10.7 Å². The third-order valence-corrected chi connectivity index (χ3v) is 4.24. The largest absolute Gasteiger partial charge is 0.459 e. The van der Waals surface area contributed by atoms with Crippen molar-refractivity contribution in [2.75, 3.05) is 5.32 Å². The Labute approximate surface area is 148 Å². The van der Waals surface area contributed by atoms with Gasteiger partial charge in [-0.1, -0.05) is 18.2 Å². The predicted molar refractivity (Wildman–Crippen MR) is 97.1 cm³/mol. The van der Waals surface area contributed by atoms with E-state index >= 15 is 0 Å². The zero-order chi connectivity index (χ0) is 17.6. The fourth-order valence-corrected chi connectivity index (χ4v) is 2.67. The van der Waals surface area contributed by atoms with Gasteiger partial charge in [-0.2, -0.15) is 5.10 Å². The first-order valence-electron chi connectivity index (χ1n) is 7.47. The van der Waals surface area contributed by atoms with E-state index in [1.165, 1.54) is 17.6 Å². The highest BCUT2D eigenvalue weighted by molar-refractivity contribution is 7.12. The van der Waals surface area contributed by atoms with Gasteiger partial charge in [-0.3, -0.25) is 9.59 Å². The highest BCUT2D eigenvalue weighted by Gasteiger charge is 2.09. The van der Waals surface area contributed by atoms with Crippen LogP contribution in [0.4, 0.5) is 5.69 Å². The summed E-state index contributed by atoms with van der Waals surface area (Å²) in [4.78, 5) is 24.4. The lowest BCUT2D eigenvalue weighted by molar-refractivity contribution is 0.0957. The summed E-state index contributed by atoms with van der Waals surface area (Å²) >= 11 is 1.36. The average Bonchev–Trinajstić information content (AvgIpc) is 3.33. The van der Waals surface area contributed by atoms with Gasteiger partial charge < -0.3 is 9.73 Å². The highest BCUT2D eigenvalue weighted by atomic mass is 32.1. The molecule has 3 aromatic rings. The lowest BCUT2D eigenvalue weighted by Crippen LogP contribution is -2.18. The molecule has 0 radical (unpaired) electrons. The first-order chi connectivity index (χ1) is 12.1. The molecule has 2 N–H and O–H groups in total. The quantitative estimate of drug-likeness (QED) is 0.541. The third kappa shape index (κ3) is 4.21. The van der Waals surface area contributed by atoms with Gasteiger partial charge >= 0.3 is 0 Å². The molecule has 2 amide bonds. The summed E-state index contributed by atoms with van der Waals surface area (Å²) in [5.74, 6) is -0.304. The number of carbonyl (C=O) groups excluding carboxylic acids is 2. The van der Waals surface area contributed by atoms with Crippen molar-refractivity contribution < 1.29 is 14.0 Å². The van der Waals surface area contributed by atoms with Crippen LogP contribution in [0.3, 0.4) is 0 Å². The second-order valence-electron chi connectivity index (χ2n) is 5.12. The minimum atomic E-state index is -0.314. The molecule has 0 aliphatic heterocycles. The molecule has 25 heavy (non-hydrogen) atoms. The van der Waals surface area contributed by atoms with Crippen molar-refractivity contribution in [2.24, 2.45) is 5.10 Å². The van der Waals surface area contributed by atoms with Crippen LogP contribution in [0, 0.1) is 0 Å². The van der Waals surface area contributed by atoms with Gasteiger partial charge in [0.05, 0.1) is 16.9 Å². The molecule has 0 saturated heterocycles. The van der Waals surface area contributed by atoms with Crippen LogP contribution in [0.25, 0.3) is 0 Å². The molecule has 6 nitrogen and oxygen atoms in total. The van der Waals surface area contributed by atoms with Gasteiger partial charge in [-0.05, 0) is 48.2 Å². The fourth-order valence-electron chi connectivity index (χ4n) is 2.06. The minimum absolute atomic E-state index is 0.239. The first-order valence-corrected chi connectivity index (χ1v) is 8.35. The maximum absolute atomic E-state index is 11.9. The summed E-state index contributed by atoms with van der Waals surface area (Å²) in [5, 5.41) is 8.68. The van der Waals surface area contributed by atoms with Gasteiger partial charge in [0.1, 0.15) is 0 Å². The van der Waals surface area contributed by atoms with E-state index in [0.29, 0.717) is 16.3 Å². The number of benzene rings is 1. The number of anilines is 1. The number of hydrazone groups is 1. The number of hydrogen-bond acceptors (Lipinski definition) is 5. The normalized spacial score (nSPS) is 11.2. The molecule has 0 aliphatic carbocycles. The SMILES string of the molecule is C/C(=N\NC(=O)c1cccs1)c1ccc(NC(=O)c2ccco2)cc1. The van der Waals surface area contributed by atoms with Crippen LogP contribution >= 0.6 is 11.3 Å². The lowest BCUT2D eigenvalue weighted by Gasteiger charge is -2.05. The molecule has 0 saturated carbocycles. The molecule has 0 unspecified atom stereocenters. The van der Waals surface area contributed by atoms with E-state index in [1.54, 1.807) is 37.3 Å². The summed E-state index contributed by atoms with van der Waals surface area (Å²) < 4.78 is 5.04. The summed E-state index contributed by atoms with van der Waals surface area (Å²) in [6.45, 7) is 1.80. The molecule has 2 aromatic heterocycles. The van der Waals surface area contributed by atoms with E-state index in [1.807, 2.05) is 23.6 Å². The zero-order valence-corrected chi connectivity index (χ0v) is 14.2. The van der Waals surface area contributed by atoms with E-state index in [-0.39, 0.29) is 17.6 Å². The van der Waals surface area contributed by atoms with E-state index in [2.05, 4.69) is 15.8 Å². The van der Waals surface area contributed by atoms with Crippen molar-refractivity contribution >= 4 is 34.6 Å². The van der Waals surface area contributed by atoms with E-state index in [4.69, 9.17) is 4.42 Å². The second kappa shape index (κ2) is 7.59. The maximum Gasteiger partial charge on any atom is 0.291 e. The van der Waals surface area contributed by atoms with Crippen molar-refractivity contribution in [1.29, 1.82) is 0 Å². The molecule has 0 spiro atoms. The smallest absolute Gasteiger partial charge is 0.291 e. The highest BCUT2D eigenvalue weighted by Crippen LogP contribution is 2.13. The molecule has 2 heterocycles. The van der Waals surface area contributed by atoms with Gasteiger partial charge in [0.15, 0.2) is 5.76 Å². The number of nitrogens with one attached hydrogen (secondary N) is 2. The monoisotopic (exact) mass is 353 g/mol. The van der Waals surface area contributed by atoms with Crippen LogP contribution in [0.2, 0.25) is 0 Å². The lowest BCUT2D eigenvalue weighted by atomic mass is 10.1. The summed E-state index contributed by atoms with van der Waals surface area (Å²) in [5.41, 5.74) is 4.66. The van der Waals surface area contributed by atoms with Crippen molar-refractivity contribution in [2.45, 2.75) is 6.92 Å². The number of thiophene rings is 1. The Balaban J connectivity index is 1.62. The van der Waals surface area contributed by atoms with Gasteiger partial charge in [0, 0.05) is 5.69 Å². The number of hydrogen-bond donors (Lipinski definition) is 2. The van der Waals surface area contributed by atoms with E-state index in [9.17, 15) is 9.59 Å². The summed E-state index contributed by atoms with van der Waals surface area (Å²) in [6.07, 6.45) is 1.45. The van der Waals surface area contributed by atoms with Gasteiger partial charge in [0.25, 0.3) is 11.8 Å². The molecule has 0 atom stereocenters. The van der Waals surface area contributed by atoms with Crippen molar-refractivity contribution in [3.05, 3.63) is 76.4 Å². The Hall–Kier alpha value is -3.19. The number of amides is 2. The second-order valence-corrected chi connectivity index (χ2v) is 6.07. The Bertz CT molecular complexity index is 882. The number of furan rings is 1. The predicted octanol–water partition coefficient (Wildman–Crippen LogP) is 3.75. The van der Waals surface area contributed by atoms with Gasteiger partial charge in [-0.15, -0.1) is 11.3 Å². The molecule has 3 rings (SSSR count). The molecule has 126 valence electrons. The fraction of sp³-hybridized carbons (Fsp3) is 0.0556. The Morgan fingerprint density at radius 3 is 2.48 bits per heavy atom. The van der Waals surface area contributed by atoms with Gasteiger partial charge in [-0.25, -0.2) is 5.43 Å². The summed E-state index contributed by atoms with van der Waals surface area (Å²) in [7, 11) is 0. The van der Waals surface area contributed by atoms with E-state index in [0.717, 1.165) is 5.56 Å². The number of nitrogens with zero attached hydrogens (tertiary/aromatic N) is 1. The van der Waals surface area contributed by atoms with Crippen molar-refractivity contribution in [3.8, 4) is 0 Å². The van der Waals surface area contributed by atoms with Crippen LogP contribution in [0.15, 0.2) is 69.7 Å². The topological polar surface area (TPSA) is 83.7 Å². The zero-order valence-electron chi connectivity index (χ0n) is 13.4. The Morgan fingerprint density at radius 1 is 1.04 bits per heavy atom. The first kappa shape index (κ1) is 16.7. The average molecular weight is 353 g/mol. The molecular formula is C18H15N3O3S. The molecule has 0 aliphatic rings. The molecule has 1 aromatic carbocycles. The molecular weight excluding hydrogens is 338 g/mol. The number of rotatable bonds is 5. The van der Waals surface area contributed by atoms with Crippen LogP contribution in [0.1, 0.15) is 32.7 Å². The summed E-state index contributed by atoms with van der Waals surface area (Å²) in [6, 6.07) is 13.9. The number of carbonyl (C=O) groups is 2. The third-order valence-electron chi connectivity index (χ3n) is 3.38. The molecule has 0 bridgehead atoms. The molecule has 7 heteroatoms. The maximum atomic E-state index is 11.9. The minimum Gasteiger partial charge on any atom is -0.459 e. The standard InChI is InChI=1S/C18H15N3O3S/c1-12(20-21-18(23)16-5-3-11-25-16)13-6-8-14(9-7-13)19-17(22)15-4-2-10-24-15/h2-11H,1H3,(H,19,22)(H,21,23)/b20-12+. The van der Waals surface area contributed by atoms with Crippen LogP contribution in [-0.2, 0) is 0 Å². The van der Waals surface area contributed by atoms with Gasteiger partial charge in [0.2, 0.25) is 0 Å².